The summed E-state index contributed by atoms with van der Waals surface area (Å²) in [6.45, 7) is 1.71. The molecule has 0 atom stereocenters. The Labute approximate surface area is 175 Å². The van der Waals surface area contributed by atoms with Gasteiger partial charge in [-0.25, -0.2) is 0 Å². The van der Waals surface area contributed by atoms with Gasteiger partial charge in [-0.2, -0.15) is 4.98 Å². The largest absolute Gasteiger partial charge is 0.497 e. The van der Waals surface area contributed by atoms with Crippen LogP contribution >= 0.6 is 0 Å². The molecule has 0 aliphatic carbocycles. The standard InChI is InChI=1S/C23H25N3O4/c1-28-19-10-6-17(7-11-19)22-24-23(30-25-22)18-8-12-20(13-9-18)29-16-21(27)26-14-4-2-3-5-15-26/h6-13H,2-5,14-16H2,1H3. The quantitative estimate of drug-likeness (QED) is 0.610. The summed E-state index contributed by atoms with van der Waals surface area (Å²) < 4.78 is 16.2. The van der Waals surface area contributed by atoms with Crippen LogP contribution in [0, 0.1) is 0 Å². The highest BCUT2D eigenvalue weighted by atomic mass is 16.5. The van der Waals surface area contributed by atoms with E-state index < -0.39 is 0 Å². The Morgan fingerprint density at radius 2 is 1.57 bits per heavy atom. The fourth-order valence-corrected chi connectivity index (χ4v) is 3.45. The van der Waals surface area contributed by atoms with Crippen molar-refractivity contribution in [2.75, 3.05) is 26.8 Å². The van der Waals surface area contributed by atoms with E-state index in [1.807, 2.05) is 53.4 Å². The molecule has 1 fully saturated rings. The maximum Gasteiger partial charge on any atom is 0.260 e. The monoisotopic (exact) mass is 407 g/mol. The molecule has 7 heteroatoms. The van der Waals surface area contributed by atoms with E-state index >= 15 is 0 Å². The zero-order valence-corrected chi connectivity index (χ0v) is 17.0. The van der Waals surface area contributed by atoms with Gasteiger partial charge >= 0.3 is 0 Å². The van der Waals surface area contributed by atoms with Crippen LogP contribution in [0.3, 0.4) is 0 Å². The highest BCUT2D eigenvalue weighted by Crippen LogP contribution is 2.25. The molecule has 7 nitrogen and oxygen atoms in total. The maximum atomic E-state index is 12.4. The first kappa shape index (κ1) is 19.9. The Balaban J connectivity index is 1.36. The van der Waals surface area contributed by atoms with Gasteiger partial charge in [0.15, 0.2) is 6.61 Å². The first-order valence-electron chi connectivity index (χ1n) is 10.2. The van der Waals surface area contributed by atoms with Crippen molar-refractivity contribution in [1.29, 1.82) is 0 Å². The number of carbonyl (C=O) groups excluding carboxylic acids is 1. The highest BCUT2D eigenvalue weighted by Gasteiger charge is 2.16. The molecule has 30 heavy (non-hydrogen) atoms. The minimum atomic E-state index is 0.0435. The number of methoxy groups -OCH3 is 1. The van der Waals surface area contributed by atoms with Crippen LogP contribution in [-0.2, 0) is 4.79 Å². The number of ether oxygens (including phenoxy) is 2. The Morgan fingerprint density at radius 1 is 0.933 bits per heavy atom. The van der Waals surface area contributed by atoms with E-state index in [0.717, 1.165) is 42.8 Å². The number of rotatable bonds is 6. The summed E-state index contributed by atoms with van der Waals surface area (Å²) in [6, 6.07) is 14.8. The van der Waals surface area contributed by atoms with Crippen molar-refractivity contribution in [2.45, 2.75) is 25.7 Å². The van der Waals surface area contributed by atoms with Crippen LogP contribution in [0.25, 0.3) is 22.8 Å². The zero-order valence-electron chi connectivity index (χ0n) is 17.0. The van der Waals surface area contributed by atoms with Gasteiger partial charge in [0.1, 0.15) is 11.5 Å². The minimum absolute atomic E-state index is 0.0435. The Hall–Kier alpha value is -3.35. The smallest absolute Gasteiger partial charge is 0.260 e. The molecule has 0 bridgehead atoms. The topological polar surface area (TPSA) is 77.7 Å². The molecule has 0 N–H and O–H groups in total. The molecule has 0 unspecified atom stereocenters. The lowest BCUT2D eigenvalue weighted by Crippen LogP contribution is -2.35. The number of hydrogen-bond acceptors (Lipinski definition) is 6. The first-order chi connectivity index (χ1) is 14.7. The fourth-order valence-electron chi connectivity index (χ4n) is 3.45. The summed E-state index contributed by atoms with van der Waals surface area (Å²) in [5.74, 6) is 2.38. The molecule has 0 saturated carbocycles. The van der Waals surface area contributed by atoms with Crippen molar-refractivity contribution in [3.8, 4) is 34.3 Å². The normalized spacial score (nSPS) is 14.2. The number of benzene rings is 2. The van der Waals surface area contributed by atoms with E-state index in [0.29, 0.717) is 17.5 Å². The second-order valence-corrected chi connectivity index (χ2v) is 7.26. The molecule has 1 saturated heterocycles. The van der Waals surface area contributed by atoms with E-state index in [-0.39, 0.29) is 12.5 Å². The molecule has 3 aromatic rings. The van der Waals surface area contributed by atoms with Crippen molar-refractivity contribution in [3.63, 3.8) is 0 Å². The Morgan fingerprint density at radius 3 is 2.23 bits per heavy atom. The number of nitrogens with zero attached hydrogens (tertiary/aromatic N) is 3. The molecule has 0 spiro atoms. The van der Waals surface area contributed by atoms with E-state index in [1.165, 1.54) is 12.8 Å². The summed E-state index contributed by atoms with van der Waals surface area (Å²) in [5, 5.41) is 4.05. The highest BCUT2D eigenvalue weighted by molar-refractivity contribution is 5.77. The van der Waals surface area contributed by atoms with E-state index in [9.17, 15) is 4.79 Å². The van der Waals surface area contributed by atoms with Gasteiger partial charge in [0, 0.05) is 24.2 Å². The van der Waals surface area contributed by atoms with Crippen LogP contribution in [0.1, 0.15) is 25.7 Å². The molecule has 156 valence electrons. The van der Waals surface area contributed by atoms with Gasteiger partial charge in [0.25, 0.3) is 11.8 Å². The molecule has 1 amide bonds. The van der Waals surface area contributed by atoms with Crippen molar-refractivity contribution >= 4 is 5.91 Å². The molecule has 1 aliphatic rings. The average molecular weight is 407 g/mol. The third-order valence-corrected chi connectivity index (χ3v) is 5.20. The molecular formula is C23H25N3O4. The van der Waals surface area contributed by atoms with Crippen LogP contribution in [0.2, 0.25) is 0 Å². The summed E-state index contributed by atoms with van der Waals surface area (Å²) >= 11 is 0. The SMILES string of the molecule is COc1ccc(-c2noc(-c3ccc(OCC(=O)N4CCCCCC4)cc3)n2)cc1. The lowest BCUT2D eigenvalue weighted by molar-refractivity contribution is -0.133. The average Bonchev–Trinajstić information content (AvgIpc) is 3.13. The molecule has 2 heterocycles. The second kappa shape index (κ2) is 9.43. The lowest BCUT2D eigenvalue weighted by Gasteiger charge is -2.20. The third-order valence-electron chi connectivity index (χ3n) is 5.20. The second-order valence-electron chi connectivity index (χ2n) is 7.26. The molecule has 1 aromatic heterocycles. The van der Waals surface area contributed by atoms with Gasteiger partial charge < -0.3 is 18.9 Å². The number of amides is 1. The molecule has 1 aliphatic heterocycles. The summed E-state index contributed by atoms with van der Waals surface area (Å²) in [5.41, 5.74) is 1.63. The van der Waals surface area contributed by atoms with Crippen molar-refractivity contribution in [1.82, 2.24) is 15.0 Å². The third kappa shape index (κ3) is 4.79. The van der Waals surface area contributed by atoms with Gasteiger partial charge in [-0.3, -0.25) is 4.79 Å². The van der Waals surface area contributed by atoms with E-state index in [2.05, 4.69) is 10.1 Å². The molecule has 4 rings (SSSR count). The minimum Gasteiger partial charge on any atom is -0.497 e. The van der Waals surface area contributed by atoms with Crippen LogP contribution in [0.15, 0.2) is 53.1 Å². The molecule has 2 aromatic carbocycles. The number of carbonyl (C=O) groups is 1. The summed E-state index contributed by atoms with van der Waals surface area (Å²) in [4.78, 5) is 18.7. The summed E-state index contributed by atoms with van der Waals surface area (Å²) in [7, 11) is 1.62. The predicted molar refractivity (Wildman–Crippen MR) is 112 cm³/mol. The van der Waals surface area contributed by atoms with Crippen molar-refractivity contribution in [2.24, 2.45) is 0 Å². The van der Waals surface area contributed by atoms with Crippen molar-refractivity contribution < 1.29 is 18.8 Å². The lowest BCUT2D eigenvalue weighted by atomic mass is 10.2. The van der Waals surface area contributed by atoms with Gasteiger partial charge in [-0.05, 0) is 61.4 Å². The van der Waals surface area contributed by atoms with Gasteiger partial charge in [-0.1, -0.05) is 18.0 Å². The number of aromatic nitrogens is 2. The van der Waals surface area contributed by atoms with Crippen LogP contribution in [0.4, 0.5) is 0 Å². The molecule has 0 radical (unpaired) electrons. The van der Waals surface area contributed by atoms with Gasteiger partial charge in [0.2, 0.25) is 5.82 Å². The van der Waals surface area contributed by atoms with Crippen molar-refractivity contribution in [3.05, 3.63) is 48.5 Å². The Kier molecular flexibility index (Phi) is 6.27. The van der Waals surface area contributed by atoms with E-state index in [4.69, 9.17) is 14.0 Å². The van der Waals surface area contributed by atoms with Crippen LogP contribution in [0.5, 0.6) is 11.5 Å². The van der Waals surface area contributed by atoms with Gasteiger partial charge in [-0.15, -0.1) is 0 Å². The van der Waals surface area contributed by atoms with Crippen LogP contribution < -0.4 is 9.47 Å². The number of likely N-dealkylation sites (tertiary alicyclic amines) is 1. The Bertz CT molecular complexity index is 959. The fraction of sp³-hybridized carbons (Fsp3) is 0.348. The summed E-state index contributed by atoms with van der Waals surface area (Å²) in [6.07, 6.45) is 4.54. The maximum absolute atomic E-state index is 12.4. The zero-order chi connectivity index (χ0) is 20.8. The van der Waals surface area contributed by atoms with E-state index in [1.54, 1.807) is 7.11 Å². The number of hydrogen-bond donors (Lipinski definition) is 0. The molecular weight excluding hydrogens is 382 g/mol. The predicted octanol–water partition coefficient (Wildman–Crippen LogP) is 4.19. The first-order valence-corrected chi connectivity index (χ1v) is 10.2. The van der Waals surface area contributed by atoms with Gasteiger partial charge in [0.05, 0.1) is 7.11 Å². The van der Waals surface area contributed by atoms with Crippen LogP contribution in [-0.4, -0.2) is 47.8 Å².